The molecule has 0 saturated heterocycles. The van der Waals surface area contributed by atoms with E-state index in [0.29, 0.717) is 13.2 Å². The minimum atomic E-state index is -0.462. The van der Waals surface area contributed by atoms with E-state index in [4.69, 9.17) is 9.47 Å². The van der Waals surface area contributed by atoms with E-state index >= 15 is 0 Å². The number of benzene rings is 1. The molecule has 1 aliphatic heterocycles. The lowest BCUT2D eigenvalue weighted by molar-refractivity contribution is 0.168. The summed E-state index contributed by atoms with van der Waals surface area (Å²) in [5, 5.41) is 9.33. The molecule has 1 aromatic carbocycles. The third-order valence-corrected chi connectivity index (χ3v) is 2.05. The van der Waals surface area contributed by atoms with Crippen LogP contribution >= 0.6 is 0 Å². The second kappa shape index (κ2) is 3.26. The van der Waals surface area contributed by atoms with Crippen molar-refractivity contribution >= 4 is 0 Å². The summed E-state index contributed by atoms with van der Waals surface area (Å²) in [6.07, 6.45) is -0.462. The Kier molecular flexibility index (Phi) is 2.10. The van der Waals surface area contributed by atoms with E-state index in [1.54, 1.807) is 6.92 Å². The van der Waals surface area contributed by atoms with Crippen molar-refractivity contribution in [1.82, 2.24) is 0 Å². The predicted molar refractivity (Wildman–Crippen MR) is 48.1 cm³/mol. The Balaban J connectivity index is 2.35. The summed E-state index contributed by atoms with van der Waals surface area (Å²) in [7, 11) is 0. The highest BCUT2D eigenvalue weighted by molar-refractivity contribution is 5.44. The third-order valence-electron chi connectivity index (χ3n) is 2.05. The maximum Gasteiger partial charge on any atom is 0.161 e. The van der Waals surface area contributed by atoms with Gasteiger partial charge in [0.25, 0.3) is 0 Å². The van der Waals surface area contributed by atoms with Crippen molar-refractivity contribution in [2.45, 2.75) is 13.0 Å². The van der Waals surface area contributed by atoms with Crippen molar-refractivity contribution in [2.75, 3.05) is 13.2 Å². The Morgan fingerprint density at radius 3 is 2.62 bits per heavy atom. The maximum atomic E-state index is 9.33. The highest BCUT2D eigenvalue weighted by Gasteiger charge is 2.12. The van der Waals surface area contributed by atoms with Gasteiger partial charge in [-0.3, -0.25) is 0 Å². The molecular weight excluding hydrogens is 168 g/mol. The fourth-order valence-corrected chi connectivity index (χ4v) is 1.32. The number of aliphatic hydroxyl groups is 1. The Hall–Kier alpha value is -1.22. The normalized spacial score (nSPS) is 16.8. The van der Waals surface area contributed by atoms with Crippen LogP contribution in [0.5, 0.6) is 11.5 Å². The van der Waals surface area contributed by atoms with Crippen molar-refractivity contribution in [1.29, 1.82) is 0 Å². The first-order valence-electron chi connectivity index (χ1n) is 4.35. The molecule has 70 valence electrons. The largest absolute Gasteiger partial charge is 0.486 e. The van der Waals surface area contributed by atoms with Crippen LogP contribution in [0.15, 0.2) is 18.2 Å². The van der Waals surface area contributed by atoms with E-state index in [1.165, 1.54) is 0 Å². The summed E-state index contributed by atoms with van der Waals surface area (Å²) in [6, 6.07) is 5.49. The molecule has 0 radical (unpaired) electrons. The first kappa shape index (κ1) is 8.38. The van der Waals surface area contributed by atoms with Crippen LogP contribution in [-0.2, 0) is 0 Å². The van der Waals surface area contributed by atoms with Crippen molar-refractivity contribution in [2.24, 2.45) is 0 Å². The first-order chi connectivity index (χ1) is 6.27. The summed E-state index contributed by atoms with van der Waals surface area (Å²) < 4.78 is 10.7. The zero-order valence-corrected chi connectivity index (χ0v) is 7.49. The van der Waals surface area contributed by atoms with Gasteiger partial charge >= 0.3 is 0 Å². The molecular formula is C10H12O3. The monoisotopic (exact) mass is 180 g/mol. The van der Waals surface area contributed by atoms with Crippen molar-refractivity contribution in [3.8, 4) is 11.5 Å². The van der Waals surface area contributed by atoms with Crippen LogP contribution in [0.1, 0.15) is 18.6 Å². The van der Waals surface area contributed by atoms with E-state index in [1.807, 2.05) is 18.2 Å². The predicted octanol–water partition coefficient (Wildman–Crippen LogP) is 1.51. The zero-order chi connectivity index (χ0) is 9.26. The van der Waals surface area contributed by atoms with Gasteiger partial charge in [0.2, 0.25) is 0 Å². The van der Waals surface area contributed by atoms with Gasteiger partial charge in [0.1, 0.15) is 13.2 Å². The molecule has 0 bridgehead atoms. The molecule has 13 heavy (non-hydrogen) atoms. The highest BCUT2D eigenvalue weighted by Crippen LogP contribution is 2.32. The number of ether oxygens (including phenoxy) is 2. The minimum absolute atomic E-state index is 0.462. The molecule has 1 atom stereocenters. The molecule has 0 aromatic heterocycles. The van der Waals surface area contributed by atoms with Gasteiger partial charge in [-0.1, -0.05) is 6.07 Å². The fraction of sp³-hybridized carbons (Fsp3) is 0.400. The molecule has 0 unspecified atom stereocenters. The molecule has 3 heteroatoms. The van der Waals surface area contributed by atoms with Gasteiger partial charge in [-0.25, -0.2) is 0 Å². The van der Waals surface area contributed by atoms with Gasteiger partial charge in [0.05, 0.1) is 6.10 Å². The Morgan fingerprint density at radius 1 is 1.23 bits per heavy atom. The van der Waals surface area contributed by atoms with Crippen molar-refractivity contribution in [3.05, 3.63) is 23.8 Å². The number of aliphatic hydroxyl groups excluding tert-OH is 1. The smallest absolute Gasteiger partial charge is 0.161 e. The molecule has 1 aliphatic rings. The lowest BCUT2D eigenvalue weighted by atomic mass is 10.1. The van der Waals surface area contributed by atoms with Crippen molar-refractivity contribution in [3.63, 3.8) is 0 Å². The molecule has 0 aliphatic carbocycles. The average Bonchev–Trinajstić information content (AvgIpc) is 2.17. The van der Waals surface area contributed by atoms with Gasteiger partial charge in [-0.2, -0.15) is 0 Å². The number of hydrogen-bond acceptors (Lipinski definition) is 3. The van der Waals surface area contributed by atoms with E-state index in [-0.39, 0.29) is 0 Å². The zero-order valence-electron chi connectivity index (χ0n) is 7.49. The summed E-state index contributed by atoms with van der Waals surface area (Å²) in [5.74, 6) is 1.49. The van der Waals surface area contributed by atoms with Crippen LogP contribution < -0.4 is 9.47 Å². The van der Waals surface area contributed by atoms with Gasteiger partial charge in [0.15, 0.2) is 11.5 Å². The number of rotatable bonds is 1. The topological polar surface area (TPSA) is 38.7 Å². The summed E-state index contributed by atoms with van der Waals surface area (Å²) in [5.41, 5.74) is 0.851. The van der Waals surface area contributed by atoms with Crippen LogP contribution in [0, 0.1) is 0 Å². The fourth-order valence-electron chi connectivity index (χ4n) is 1.32. The van der Waals surface area contributed by atoms with Crippen LogP contribution in [-0.4, -0.2) is 18.3 Å². The van der Waals surface area contributed by atoms with Gasteiger partial charge in [0, 0.05) is 0 Å². The van der Waals surface area contributed by atoms with Crippen LogP contribution in [0.2, 0.25) is 0 Å². The minimum Gasteiger partial charge on any atom is -0.486 e. The second-order valence-corrected chi connectivity index (χ2v) is 3.08. The van der Waals surface area contributed by atoms with Crippen molar-refractivity contribution < 1.29 is 14.6 Å². The quantitative estimate of drug-likeness (QED) is 0.712. The van der Waals surface area contributed by atoms with Crippen LogP contribution in [0.4, 0.5) is 0 Å². The first-order valence-corrected chi connectivity index (χ1v) is 4.35. The summed E-state index contributed by atoms with van der Waals surface area (Å²) >= 11 is 0. The number of hydrogen-bond donors (Lipinski definition) is 1. The third kappa shape index (κ3) is 1.60. The molecule has 0 amide bonds. The second-order valence-electron chi connectivity index (χ2n) is 3.08. The highest BCUT2D eigenvalue weighted by atomic mass is 16.6. The van der Waals surface area contributed by atoms with E-state index in [9.17, 15) is 5.11 Å². The molecule has 3 nitrogen and oxygen atoms in total. The molecule has 1 heterocycles. The van der Waals surface area contributed by atoms with Crippen LogP contribution in [0.3, 0.4) is 0 Å². The Morgan fingerprint density at radius 2 is 1.92 bits per heavy atom. The van der Waals surface area contributed by atoms with Gasteiger partial charge in [-0.15, -0.1) is 0 Å². The summed E-state index contributed by atoms with van der Waals surface area (Å²) in [6.45, 7) is 2.91. The molecule has 0 spiro atoms. The van der Waals surface area contributed by atoms with E-state index < -0.39 is 6.10 Å². The molecule has 2 rings (SSSR count). The average molecular weight is 180 g/mol. The number of fused-ring (bicyclic) bond motifs is 1. The SMILES string of the molecule is C[C@@H](O)c1ccc2c(c1)OCCO2. The van der Waals surface area contributed by atoms with Gasteiger partial charge < -0.3 is 14.6 Å². The molecule has 0 saturated carbocycles. The molecule has 1 N–H and O–H groups in total. The summed E-state index contributed by atoms with van der Waals surface area (Å²) in [4.78, 5) is 0. The molecule has 0 fully saturated rings. The van der Waals surface area contributed by atoms with Crippen LogP contribution in [0.25, 0.3) is 0 Å². The Labute approximate surface area is 76.9 Å². The van der Waals surface area contributed by atoms with E-state index in [0.717, 1.165) is 17.1 Å². The van der Waals surface area contributed by atoms with E-state index in [2.05, 4.69) is 0 Å². The lowest BCUT2D eigenvalue weighted by Gasteiger charge is -2.19. The standard InChI is InChI=1S/C10H12O3/c1-7(11)8-2-3-9-10(6-8)13-5-4-12-9/h2-3,6-7,11H,4-5H2,1H3/t7-/m1/s1. The maximum absolute atomic E-state index is 9.33. The van der Waals surface area contributed by atoms with Gasteiger partial charge in [-0.05, 0) is 24.6 Å². The molecule has 1 aromatic rings. The Bertz CT molecular complexity index is 307. The lowest BCUT2D eigenvalue weighted by Crippen LogP contribution is -2.15.